The largest absolute Gasteiger partial charge is 0.396 e. The third kappa shape index (κ3) is 2.78. The fraction of sp³-hybridized carbons (Fsp3) is 0.267. The van der Waals surface area contributed by atoms with Gasteiger partial charge < -0.3 is 16.0 Å². The predicted octanol–water partition coefficient (Wildman–Crippen LogP) is 3.09. The molecule has 3 N–H and O–H groups in total. The van der Waals surface area contributed by atoms with E-state index in [4.69, 9.17) is 5.73 Å². The summed E-state index contributed by atoms with van der Waals surface area (Å²) < 4.78 is 0. The first kappa shape index (κ1) is 13.2. The molecule has 0 aliphatic heterocycles. The zero-order valence-corrected chi connectivity index (χ0v) is 11.9. The summed E-state index contributed by atoms with van der Waals surface area (Å²) in [6.07, 6.45) is 1.76. The molecule has 1 aromatic heterocycles. The number of aryl methyl sites for hydroxylation is 2. The molecule has 100 valence electrons. The Labute approximate surface area is 114 Å². The summed E-state index contributed by atoms with van der Waals surface area (Å²) in [5.41, 5.74) is 11.1. The van der Waals surface area contributed by atoms with Crippen molar-refractivity contribution in [3.05, 3.63) is 41.6 Å². The SMILES string of the molecule is Cc1ccc(Nc2nccc(C)c2N)cc1N(C)C. The summed E-state index contributed by atoms with van der Waals surface area (Å²) in [7, 11) is 4.07. The number of nitrogen functional groups attached to an aromatic ring is 1. The number of nitrogens with two attached hydrogens (primary N) is 1. The van der Waals surface area contributed by atoms with E-state index in [1.807, 2.05) is 33.2 Å². The molecule has 0 unspecified atom stereocenters. The topological polar surface area (TPSA) is 54.2 Å². The molecule has 0 bridgehead atoms. The van der Waals surface area contributed by atoms with Crippen molar-refractivity contribution < 1.29 is 0 Å². The van der Waals surface area contributed by atoms with Gasteiger partial charge in [-0.1, -0.05) is 6.07 Å². The molecule has 0 amide bonds. The van der Waals surface area contributed by atoms with Crippen molar-refractivity contribution in [3.8, 4) is 0 Å². The van der Waals surface area contributed by atoms with Gasteiger partial charge in [-0.25, -0.2) is 4.98 Å². The van der Waals surface area contributed by atoms with Gasteiger partial charge in [0.1, 0.15) is 0 Å². The molecule has 1 heterocycles. The van der Waals surface area contributed by atoms with Crippen molar-refractivity contribution in [1.29, 1.82) is 0 Å². The van der Waals surface area contributed by atoms with E-state index in [0.717, 1.165) is 11.3 Å². The molecule has 19 heavy (non-hydrogen) atoms. The average molecular weight is 256 g/mol. The van der Waals surface area contributed by atoms with E-state index in [1.165, 1.54) is 11.3 Å². The lowest BCUT2D eigenvalue weighted by Crippen LogP contribution is -2.10. The highest BCUT2D eigenvalue weighted by atomic mass is 15.1. The van der Waals surface area contributed by atoms with Crippen LogP contribution in [0.25, 0.3) is 0 Å². The maximum atomic E-state index is 6.02. The van der Waals surface area contributed by atoms with E-state index in [-0.39, 0.29) is 0 Å². The first-order valence-electron chi connectivity index (χ1n) is 6.25. The van der Waals surface area contributed by atoms with Gasteiger partial charge in [-0.05, 0) is 43.2 Å². The van der Waals surface area contributed by atoms with Crippen LogP contribution in [-0.4, -0.2) is 19.1 Å². The van der Waals surface area contributed by atoms with Crippen LogP contribution in [0.4, 0.5) is 22.9 Å². The standard InChI is InChI=1S/C15H20N4/c1-10-5-6-12(9-13(10)19(3)4)18-15-14(16)11(2)7-8-17-15/h5-9H,16H2,1-4H3,(H,17,18). The fourth-order valence-electron chi connectivity index (χ4n) is 1.97. The first-order chi connectivity index (χ1) is 8.99. The van der Waals surface area contributed by atoms with Gasteiger partial charge in [0.05, 0.1) is 5.69 Å². The number of rotatable bonds is 3. The minimum atomic E-state index is 0.689. The number of aromatic nitrogens is 1. The molecule has 0 saturated carbocycles. The third-order valence-corrected chi connectivity index (χ3v) is 3.16. The normalized spacial score (nSPS) is 10.3. The summed E-state index contributed by atoms with van der Waals surface area (Å²) >= 11 is 0. The maximum absolute atomic E-state index is 6.02. The van der Waals surface area contributed by atoms with E-state index in [0.29, 0.717) is 11.5 Å². The summed E-state index contributed by atoms with van der Waals surface area (Å²) in [5.74, 6) is 0.702. The monoisotopic (exact) mass is 256 g/mol. The van der Waals surface area contributed by atoms with Crippen LogP contribution in [0, 0.1) is 13.8 Å². The Morgan fingerprint density at radius 2 is 1.84 bits per heavy atom. The molecule has 4 nitrogen and oxygen atoms in total. The van der Waals surface area contributed by atoms with Gasteiger partial charge in [-0.3, -0.25) is 0 Å². The predicted molar refractivity (Wildman–Crippen MR) is 82.2 cm³/mol. The molecule has 1 aromatic carbocycles. The maximum Gasteiger partial charge on any atom is 0.153 e. The van der Waals surface area contributed by atoms with Crippen LogP contribution in [0.5, 0.6) is 0 Å². The molecule has 0 saturated heterocycles. The molecule has 2 rings (SSSR count). The molecule has 0 atom stereocenters. The van der Waals surface area contributed by atoms with Crippen LogP contribution >= 0.6 is 0 Å². The number of nitrogens with one attached hydrogen (secondary N) is 1. The van der Waals surface area contributed by atoms with Crippen LogP contribution < -0.4 is 16.0 Å². The number of hydrogen-bond donors (Lipinski definition) is 2. The molecular weight excluding hydrogens is 236 g/mol. The van der Waals surface area contributed by atoms with E-state index in [1.54, 1.807) is 6.20 Å². The lowest BCUT2D eigenvalue weighted by molar-refractivity contribution is 1.11. The van der Waals surface area contributed by atoms with Crippen LogP contribution in [0.3, 0.4) is 0 Å². The molecule has 0 fully saturated rings. The zero-order valence-electron chi connectivity index (χ0n) is 11.9. The molecule has 0 aliphatic carbocycles. The van der Waals surface area contributed by atoms with Gasteiger partial charge in [-0.15, -0.1) is 0 Å². The van der Waals surface area contributed by atoms with Crippen molar-refractivity contribution in [3.63, 3.8) is 0 Å². The van der Waals surface area contributed by atoms with Gasteiger partial charge >= 0.3 is 0 Å². The average Bonchev–Trinajstić information content (AvgIpc) is 2.37. The van der Waals surface area contributed by atoms with Gasteiger partial charge in [0.15, 0.2) is 5.82 Å². The smallest absolute Gasteiger partial charge is 0.153 e. The second-order valence-corrected chi connectivity index (χ2v) is 4.91. The zero-order chi connectivity index (χ0) is 14.0. The van der Waals surface area contributed by atoms with E-state index >= 15 is 0 Å². The number of anilines is 4. The van der Waals surface area contributed by atoms with Crippen molar-refractivity contribution in [1.82, 2.24) is 4.98 Å². The van der Waals surface area contributed by atoms with E-state index in [2.05, 4.69) is 34.3 Å². The Bertz CT molecular complexity index is 591. The van der Waals surface area contributed by atoms with Crippen molar-refractivity contribution in [2.45, 2.75) is 13.8 Å². The van der Waals surface area contributed by atoms with Gasteiger partial charge in [0.25, 0.3) is 0 Å². The third-order valence-electron chi connectivity index (χ3n) is 3.16. The lowest BCUT2D eigenvalue weighted by atomic mass is 10.1. The van der Waals surface area contributed by atoms with Crippen molar-refractivity contribution in [2.24, 2.45) is 0 Å². The van der Waals surface area contributed by atoms with Crippen molar-refractivity contribution in [2.75, 3.05) is 30.0 Å². The van der Waals surface area contributed by atoms with Gasteiger partial charge in [0, 0.05) is 31.7 Å². The first-order valence-corrected chi connectivity index (χ1v) is 6.25. The Hall–Kier alpha value is -2.23. The van der Waals surface area contributed by atoms with Gasteiger partial charge in [0.2, 0.25) is 0 Å². The fourth-order valence-corrected chi connectivity index (χ4v) is 1.97. The highest BCUT2D eigenvalue weighted by molar-refractivity contribution is 5.73. The summed E-state index contributed by atoms with van der Waals surface area (Å²) in [4.78, 5) is 6.37. The molecule has 0 spiro atoms. The minimum Gasteiger partial charge on any atom is -0.396 e. The Balaban J connectivity index is 2.34. The van der Waals surface area contributed by atoms with Crippen LogP contribution in [0.2, 0.25) is 0 Å². The number of nitrogens with zero attached hydrogens (tertiary/aromatic N) is 2. The molecule has 0 aliphatic rings. The summed E-state index contributed by atoms with van der Waals surface area (Å²) in [6.45, 7) is 4.07. The molecule has 0 radical (unpaired) electrons. The quantitative estimate of drug-likeness (QED) is 0.886. The van der Waals surface area contributed by atoms with E-state index < -0.39 is 0 Å². The van der Waals surface area contributed by atoms with Crippen LogP contribution in [0.15, 0.2) is 30.5 Å². The molecule has 2 aromatic rings. The minimum absolute atomic E-state index is 0.689. The van der Waals surface area contributed by atoms with Gasteiger partial charge in [-0.2, -0.15) is 0 Å². The summed E-state index contributed by atoms with van der Waals surface area (Å²) in [6, 6.07) is 8.12. The Morgan fingerprint density at radius 3 is 2.53 bits per heavy atom. The van der Waals surface area contributed by atoms with Crippen molar-refractivity contribution >= 4 is 22.9 Å². The summed E-state index contributed by atoms with van der Waals surface area (Å²) in [5, 5.41) is 3.27. The second kappa shape index (κ2) is 5.18. The van der Waals surface area contributed by atoms with Crippen LogP contribution in [-0.2, 0) is 0 Å². The number of hydrogen-bond acceptors (Lipinski definition) is 4. The molecule has 4 heteroatoms. The number of pyridine rings is 1. The van der Waals surface area contributed by atoms with Crippen LogP contribution in [0.1, 0.15) is 11.1 Å². The second-order valence-electron chi connectivity index (χ2n) is 4.91. The molecular formula is C15H20N4. The Morgan fingerprint density at radius 1 is 1.11 bits per heavy atom. The lowest BCUT2D eigenvalue weighted by Gasteiger charge is -2.18. The number of benzene rings is 1. The van der Waals surface area contributed by atoms with E-state index in [9.17, 15) is 0 Å². The highest BCUT2D eigenvalue weighted by Gasteiger charge is 2.06. The Kier molecular flexibility index (Phi) is 3.60. The highest BCUT2D eigenvalue weighted by Crippen LogP contribution is 2.27.